The van der Waals surface area contributed by atoms with Gasteiger partial charge in [0.2, 0.25) is 10.0 Å². The molecule has 5 N–H and O–H groups in total. The van der Waals surface area contributed by atoms with Crippen LogP contribution in [0.2, 0.25) is 0 Å². The van der Waals surface area contributed by atoms with Gasteiger partial charge in [-0.05, 0) is 40.2 Å². The number of hydrogen-bond acceptors (Lipinski definition) is 7. The Morgan fingerprint density at radius 1 is 0.938 bits per heavy atom. The number of ketones is 2. The van der Waals surface area contributed by atoms with Crippen molar-refractivity contribution in [3.8, 4) is 5.75 Å². The maximum Gasteiger partial charge on any atom is 0.238 e. The van der Waals surface area contributed by atoms with Crippen LogP contribution in [-0.4, -0.2) is 27.1 Å². The Balaban J connectivity index is 0.00000289. The number of ether oxygens (including phenoxy) is 1. The zero-order chi connectivity index (χ0) is 22.5. The third-order valence-electron chi connectivity index (χ3n) is 4.96. The van der Waals surface area contributed by atoms with E-state index in [1.54, 1.807) is 30.3 Å². The smallest absolute Gasteiger partial charge is 0.238 e. The molecule has 1 aliphatic carbocycles. The molecule has 10 heteroatoms. The van der Waals surface area contributed by atoms with Gasteiger partial charge in [0.1, 0.15) is 5.75 Å². The molecule has 0 atom stereocenters. The summed E-state index contributed by atoms with van der Waals surface area (Å²) in [7, 11) is -2.57. The molecule has 0 saturated heterocycles. The Morgan fingerprint density at radius 3 is 2.09 bits per heavy atom. The number of nitrogen functional groups attached to an aromatic ring is 1. The molecule has 3 aromatic carbocycles. The Labute approximate surface area is 193 Å². The average Bonchev–Trinajstić information content (AvgIpc) is 2.73. The first-order chi connectivity index (χ1) is 14.6. The van der Waals surface area contributed by atoms with Crippen LogP contribution in [0.15, 0.2) is 57.9 Å². The number of primary sulfonamides is 1. The van der Waals surface area contributed by atoms with E-state index in [9.17, 15) is 18.0 Å². The van der Waals surface area contributed by atoms with Gasteiger partial charge in [-0.2, -0.15) is 0 Å². The topological polar surface area (TPSA) is 142 Å². The lowest BCUT2D eigenvalue weighted by Gasteiger charge is -2.23. The number of carbonyl (C=O) groups is 2. The Bertz CT molecular complexity index is 1390. The van der Waals surface area contributed by atoms with Crippen molar-refractivity contribution in [2.45, 2.75) is 12.3 Å². The molecule has 32 heavy (non-hydrogen) atoms. The highest BCUT2D eigenvalue weighted by atomic mass is 79.9. The average molecular weight is 518 g/mol. The number of carbonyl (C=O) groups excluding carboxylic acids is 2. The summed E-state index contributed by atoms with van der Waals surface area (Å²) in [6, 6.07) is 12.1. The number of benzene rings is 3. The largest absolute Gasteiger partial charge is 0.495 e. The number of rotatable bonds is 4. The van der Waals surface area contributed by atoms with Crippen LogP contribution in [0.4, 0.5) is 17.1 Å². The zero-order valence-corrected chi connectivity index (χ0v) is 18.5. The second-order valence-electron chi connectivity index (χ2n) is 6.81. The molecule has 0 bridgehead atoms. The van der Waals surface area contributed by atoms with Crippen LogP contribution in [0.3, 0.4) is 0 Å². The molecule has 0 saturated carbocycles. The van der Waals surface area contributed by atoms with E-state index < -0.39 is 10.0 Å². The minimum absolute atomic E-state index is 0. The number of sulfonamides is 1. The maximum absolute atomic E-state index is 13.3. The minimum Gasteiger partial charge on any atom is -0.495 e. The van der Waals surface area contributed by atoms with E-state index in [2.05, 4.69) is 21.2 Å². The third-order valence-corrected chi connectivity index (χ3v) is 6.52. The van der Waals surface area contributed by atoms with Crippen molar-refractivity contribution in [2.24, 2.45) is 5.14 Å². The van der Waals surface area contributed by atoms with E-state index >= 15 is 0 Å². The molecule has 166 valence electrons. The summed E-state index contributed by atoms with van der Waals surface area (Å²) in [6.07, 6.45) is 0. The first-order valence-corrected chi connectivity index (χ1v) is 11.3. The first kappa shape index (κ1) is 23.5. The van der Waals surface area contributed by atoms with E-state index in [1.165, 1.54) is 25.3 Å². The van der Waals surface area contributed by atoms with E-state index in [0.29, 0.717) is 10.2 Å². The molecule has 8 nitrogen and oxygen atoms in total. The van der Waals surface area contributed by atoms with E-state index in [0.717, 1.165) is 0 Å². The fourth-order valence-electron chi connectivity index (χ4n) is 3.49. The van der Waals surface area contributed by atoms with Crippen molar-refractivity contribution in [1.29, 1.82) is 0 Å². The Morgan fingerprint density at radius 2 is 1.53 bits per heavy atom. The van der Waals surface area contributed by atoms with Crippen LogP contribution in [-0.2, 0) is 10.0 Å². The normalized spacial score (nSPS) is 12.5. The van der Waals surface area contributed by atoms with Crippen molar-refractivity contribution in [1.82, 2.24) is 0 Å². The van der Waals surface area contributed by atoms with Crippen LogP contribution in [0.5, 0.6) is 5.75 Å². The number of halogens is 1. The first-order valence-electron chi connectivity index (χ1n) is 8.91. The van der Waals surface area contributed by atoms with Gasteiger partial charge in [0.15, 0.2) is 11.6 Å². The van der Waals surface area contributed by atoms with Crippen molar-refractivity contribution in [3.05, 3.63) is 75.3 Å². The van der Waals surface area contributed by atoms with Gasteiger partial charge in [0.05, 0.1) is 40.2 Å². The molecule has 0 aromatic heterocycles. The van der Waals surface area contributed by atoms with E-state index in [4.69, 9.17) is 15.6 Å². The summed E-state index contributed by atoms with van der Waals surface area (Å²) in [5, 5.41) is 8.25. The highest BCUT2D eigenvalue weighted by Crippen LogP contribution is 2.41. The Kier molecular flexibility index (Phi) is 6.14. The van der Waals surface area contributed by atoms with Crippen LogP contribution < -0.4 is 20.9 Å². The van der Waals surface area contributed by atoms with Gasteiger partial charge in [0.25, 0.3) is 0 Å². The van der Waals surface area contributed by atoms with Gasteiger partial charge in [-0.3, -0.25) is 9.59 Å². The molecule has 0 heterocycles. The summed E-state index contributed by atoms with van der Waals surface area (Å²) in [4.78, 5) is 26.3. The molecular weight excluding hydrogens is 498 g/mol. The highest BCUT2D eigenvalue weighted by molar-refractivity contribution is 9.10. The van der Waals surface area contributed by atoms with Crippen LogP contribution in [0, 0.1) is 0 Å². The number of hydrogen-bond donors (Lipinski definition) is 3. The Hall–Kier alpha value is -3.21. The standard InChI is InChI=1S/C21H16BrN3O5S.CH4/c1-30-16-7-6-10(31(24,28)29)8-14(16)25-15-9-13(22)19(23)18-17(15)20(26)11-4-2-3-5-12(11)21(18)27;/h2-9,25H,23H2,1H3,(H2,24,28,29);1H4. The SMILES string of the molecule is C.COc1ccc(S(N)(=O)=O)cc1Nc1cc(Br)c(N)c2c1C(=O)c1ccccc1C2=O. The maximum atomic E-state index is 13.3. The second kappa shape index (κ2) is 8.38. The lowest BCUT2D eigenvalue weighted by Crippen LogP contribution is -2.24. The zero-order valence-electron chi connectivity index (χ0n) is 16.1. The summed E-state index contributed by atoms with van der Waals surface area (Å²) in [5.74, 6) is -0.449. The minimum atomic E-state index is -3.98. The van der Waals surface area contributed by atoms with Gasteiger partial charge >= 0.3 is 0 Å². The highest BCUT2D eigenvalue weighted by Gasteiger charge is 2.34. The quantitative estimate of drug-likeness (QED) is 0.349. The molecule has 0 amide bonds. The fourth-order valence-corrected chi connectivity index (χ4v) is 4.46. The summed E-state index contributed by atoms with van der Waals surface area (Å²) < 4.78 is 29.3. The van der Waals surface area contributed by atoms with E-state index in [-0.39, 0.29) is 63.2 Å². The predicted molar refractivity (Wildman–Crippen MR) is 126 cm³/mol. The summed E-state index contributed by atoms with van der Waals surface area (Å²) >= 11 is 3.33. The molecule has 0 fully saturated rings. The molecule has 0 radical (unpaired) electrons. The van der Waals surface area contributed by atoms with Gasteiger partial charge in [-0.15, -0.1) is 0 Å². The van der Waals surface area contributed by atoms with Crippen molar-refractivity contribution >= 4 is 54.6 Å². The van der Waals surface area contributed by atoms with Crippen molar-refractivity contribution < 1.29 is 22.7 Å². The number of methoxy groups -OCH3 is 1. The molecule has 4 rings (SSSR count). The van der Waals surface area contributed by atoms with Crippen molar-refractivity contribution in [3.63, 3.8) is 0 Å². The van der Waals surface area contributed by atoms with Gasteiger partial charge < -0.3 is 15.8 Å². The summed E-state index contributed by atoms with van der Waals surface area (Å²) in [6.45, 7) is 0. The molecule has 1 aliphatic rings. The number of nitrogens with one attached hydrogen (secondary N) is 1. The van der Waals surface area contributed by atoms with Gasteiger partial charge in [0, 0.05) is 15.6 Å². The fraction of sp³-hybridized carbons (Fsp3) is 0.0909. The number of anilines is 3. The molecule has 0 spiro atoms. The number of fused-ring (bicyclic) bond motifs is 2. The lowest BCUT2D eigenvalue weighted by molar-refractivity contribution is 0.0980. The lowest BCUT2D eigenvalue weighted by atomic mass is 9.82. The predicted octanol–water partition coefficient (Wildman–Crippen LogP) is 3.84. The second-order valence-corrected chi connectivity index (χ2v) is 9.22. The molecule has 3 aromatic rings. The van der Waals surface area contributed by atoms with Crippen LogP contribution in [0.1, 0.15) is 39.3 Å². The molecule has 0 aliphatic heterocycles. The monoisotopic (exact) mass is 517 g/mol. The third kappa shape index (κ3) is 3.77. The molecule has 0 unspecified atom stereocenters. The summed E-state index contributed by atoms with van der Waals surface area (Å²) in [5.41, 5.74) is 7.47. The van der Waals surface area contributed by atoms with Crippen LogP contribution >= 0.6 is 15.9 Å². The van der Waals surface area contributed by atoms with Gasteiger partial charge in [-0.25, -0.2) is 13.6 Å². The molecular formula is C22H20BrN3O5S. The van der Waals surface area contributed by atoms with Crippen LogP contribution in [0.25, 0.3) is 0 Å². The van der Waals surface area contributed by atoms with Crippen molar-refractivity contribution in [2.75, 3.05) is 18.2 Å². The van der Waals surface area contributed by atoms with E-state index in [1.807, 2.05) is 0 Å². The van der Waals surface area contributed by atoms with Gasteiger partial charge in [-0.1, -0.05) is 31.7 Å². The number of nitrogens with two attached hydrogens (primary N) is 2.